The van der Waals surface area contributed by atoms with Gasteiger partial charge in [-0.05, 0) is 69.7 Å². The van der Waals surface area contributed by atoms with Gasteiger partial charge in [-0.15, -0.1) is 24.8 Å². The quantitative estimate of drug-likeness (QED) is 0.828. The summed E-state index contributed by atoms with van der Waals surface area (Å²) in [4.78, 5) is 20.3. The molecule has 1 aliphatic carbocycles. The molecule has 0 spiro atoms. The lowest BCUT2D eigenvalue weighted by Gasteiger charge is -2.32. The number of halogens is 2. The van der Waals surface area contributed by atoms with Gasteiger partial charge in [-0.3, -0.25) is 9.78 Å². The average molecular weight is 410 g/mol. The van der Waals surface area contributed by atoms with Crippen molar-refractivity contribution < 1.29 is 4.79 Å². The molecule has 0 bridgehead atoms. The Bertz CT molecular complexity index is 788. The van der Waals surface area contributed by atoms with E-state index in [9.17, 15) is 4.79 Å². The molecule has 0 radical (unpaired) electrons. The third kappa shape index (κ3) is 4.39. The van der Waals surface area contributed by atoms with Gasteiger partial charge < -0.3 is 10.2 Å². The highest BCUT2D eigenvalue weighted by Crippen LogP contribution is 2.32. The van der Waals surface area contributed by atoms with Crippen LogP contribution in [0.25, 0.3) is 10.9 Å². The number of piperidine rings is 1. The van der Waals surface area contributed by atoms with E-state index in [2.05, 4.69) is 16.3 Å². The summed E-state index contributed by atoms with van der Waals surface area (Å²) in [5.74, 6) is 0.972. The monoisotopic (exact) mass is 409 g/mol. The molecule has 1 aliphatic heterocycles. The molecule has 0 saturated carbocycles. The van der Waals surface area contributed by atoms with Crippen molar-refractivity contribution in [2.75, 3.05) is 26.7 Å². The maximum atomic E-state index is 13.4. The number of likely N-dealkylation sites (tertiary alicyclic amines) is 1. The lowest BCUT2D eigenvalue weighted by molar-refractivity contribution is 0.0688. The van der Waals surface area contributed by atoms with Gasteiger partial charge in [-0.2, -0.15) is 0 Å². The molecule has 2 heterocycles. The normalized spacial score (nSPS) is 16.6. The van der Waals surface area contributed by atoms with Crippen LogP contribution in [0.4, 0.5) is 0 Å². The zero-order chi connectivity index (χ0) is 17.2. The number of hydrogen-bond donors (Lipinski definition) is 1. The van der Waals surface area contributed by atoms with Gasteiger partial charge in [0.15, 0.2) is 0 Å². The van der Waals surface area contributed by atoms with Crippen molar-refractivity contribution in [2.45, 2.75) is 38.5 Å². The molecule has 4 rings (SSSR count). The lowest BCUT2D eigenvalue weighted by Crippen LogP contribution is -2.39. The molecule has 1 fully saturated rings. The summed E-state index contributed by atoms with van der Waals surface area (Å²) in [6, 6.07) is 8.13. The molecule has 27 heavy (non-hydrogen) atoms. The summed E-state index contributed by atoms with van der Waals surface area (Å²) in [6.45, 7) is 2.85. The van der Waals surface area contributed by atoms with Gasteiger partial charge in [0.05, 0.1) is 11.1 Å². The van der Waals surface area contributed by atoms with Gasteiger partial charge in [0.2, 0.25) is 0 Å². The zero-order valence-corrected chi connectivity index (χ0v) is 17.5. The van der Waals surface area contributed by atoms with Crippen LogP contribution in [-0.2, 0) is 12.8 Å². The van der Waals surface area contributed by atoms with Crippen molar-refractivity contribution in [3.05, 3.63) is 41.1 Å². The van der Waals surface area contributed by atoms with Crippen molar-refractivity contribution in [3.63, 3.8) is 0 Å². The molecule has 1 aromatic carbocycles. The minimum absolute atomic E-state index is 0. The molecular weight excluding hydrogens is 381 g/mol. The Labute approximate surface area is 173 Å². The van der Waals surface area contributed by atoms with Crippen LogP contribution in [0.2, 0.25) is 0 Å². The topological polar surface area (TPSA) is 45.2 Å². The summed E-state index contributed by atoms with van der Waals surface area (Å²) < 4.78 is 0. The van der Waals surface area contributed by atoms with E-state index >= 15 is 0 Å². The van der Waals surface area contributed by atoms with Gasteiger partial charge in [-0.25, -0.2) is 0 Å². The average Bonchev–Trinajstić information content (AvgIpc) is 3.12. The second-order valence-electron chi connectivity index (χ2n) is 7.41. The number of pyridine rings is 1. The summed E-state index contributed by atoms with van der Waals surface area (Å²) in [6.07, 6.45) is 6.58. The van der Waals surface area contributed by atoms with E-state index in [4.69, 9.17) is 4.98 Å². The van der Waals surface area contributed by atoms with E-state index in [1.165, 1.54) is 12.0 Å². The van der Waals surface area contributed by atoms with Crippen molar-refractivity contribution in [1.29, 1.82) is 0 Å². The lowest BCUT2D eigenvalue weighted by atomic mass is 9.92. The van der Waals surface area contributed by atoms with Crippen molar-refractivity contribution in [1.82, 2.24) is 15.2 Å². The molecule has 2 aliphatic rings. The largest absolute Gasteiger partial charge is 0.339 e. The summed E-state index contributed by atoms with van der Waals surface area (Å²) in [5.41, 5.74) is 4.26. The fraction of sp³-hybridized carbons (Fsp3) is 0.524. The van der Waals surface area contributed by atoms with Gasteiger partial charge in [0, 0.05) is 24.2 Å². The van der Waals surface area contributed by atoms with Crippen molar-refractivity contribution in [3.8, 4) is 0 Å². The number of aryl methyl sites for hydroxylation is 1. The second-order valence-corrected chi connectivity index (χ2v) is 7.41. The Balaban J connectivity index is 0.00000131. The third-order valence-electron chi connectivity index (χ3n) is 5.84. The van der Waals surface area contributed by atoms with E-state index in [1.54, 1.807) is 0 Å². The number of carbonyl (C=O) groups is 1. The first-order chi connectivity index (χ1) is 12.3. The van der Waals surface area contributed by atoms with E-state index < -0.39 is 0 Å². The minimum atomic E-state index is 0. The highest BCUT2D eigenvalue weighted by molar-refractivity contribution is 6.07. The molecular formula is C21H29Cl2N3O. The molecule has 1 aromatic heterocycles. The van der Waals surface area contributed by atoms with E-state index in [0.717, 1.165) is 79.8 Å². The Morgan fingerprint density at radius 1 is 1.19 bits per heavy atom. The number of amides is 1. The number of fused-ring (bicyclic) bond motifs is 2. The van der Waals surface area contributed by atoms with Crippen LogP contribution >= 0.6 is 24.8 Å². The number of hydrogen-bond acceptors (Lipinski definition) is 3. The molecule has 6 heteroatoms. The molecule has 0 atom stereocenters. The number of para-hydroxylation sites is 1. The Kier molecular flexibility index (Phi) is 7.90. The smallest absolute Gasteiger partial charge is 0.254 e. The summed E-state index contributed by atoms with van der Waals surface area (Å²) in [5, 5.41) is 4.27. The van der Waals surface area contributed by atoms with Crippen LogP contribution in [0.15, 0.2) is 24.3 Å². The number of aromatic nitrogens is 1. The number of benzene rings is 1. The Morgan fingerprint density at radius 3 is 2.67 bits per heavy atom. The third-order valence-corrected chi connectivity index (χ3v) is 5.84. The fourth-order valence-corrected chi connectivity index (χ4v) is 4.39. The highest BCUT2D eigenvalue weighted by Gasteiger charge is 2.29. The fourth-order valence-electron chi connectivity index (χ4n) is 4.39. The van der Waals surface area contributed by atoms with Crippen LogP contribution in [0, 0.1) is 5.92 Å². The van der Waals surface area contributed by atoms with E-state index in [-0.39, 0.29) is 30.7 Å². The van der Waals surface area contributed by atoms with E-state index in [0.29, 0.717) is 0 Å². The van der Waals surface area contributed by atoms with Crippen molar-refractivity contribution in [2.24, 2.45) is 5.92 Å². The molecule has 1 amide bonds. The van der Waals surface area contributed by atoms with Gasteiger partial charge >= 0.3 is 0 Å². The second kappa shape index (κ2) is 9.72. The Morgan fingerprint density at radius 2 is 1.93 bits per heavy atom. The SMILES string of the molecule is CNCCC1CCN(C(=O)c2c3c(nc4ccccc24)CCC3)CC1.Cl.Cl. The first-order valence-electron chi connectivity index (χ1n) is 9.62. The molecule has 2 aromatic rings. The summed E-state index contributed by atoms with van der Waals surface area (Å²) in [7, 11) is 2.01. The van der Waals surface area contributed by atoms with E-state index in [1.807, 2.05) is 25.2 Å². The van der Waals surface area contributed by atoms with Crippen LogP contribution in [0.3, 0.4) is 0 Å². The number of carbonyl (C=O) groups excluding carboxylic acids is 1. The number of nitrogens with zero attached hydrogens (tertiary/aromatic N) is 2. The Hall–Kier alpha value is -1.36. The molecule has 1 N–H and O–H groups in total. The zero-order valence-electron chi connectivity index (χ0n) is 15.9. The molecule has 0 unspecified atom stereocenters. The molecule has 148 valence electrons. The van der Waals surface area contributed by atoms with Crippen LogP contribution in [-0.4, -0.2) is 42.5 Å². The predicted octanol–water partition coefficient (Wildman–Crippen LogP) is 4.03. The van der Waals surface area contributed by atoms with Crippen LogP contribution in [0.5, 0.6) is 0 Å². The van der Waals surface area contributed by atoms with Crippen LogP contribution in [0.1, 0.15) is 47.3 Å². The predicted molar refractivity (Wildman–Crippen MR) is 115 cm³/mol. The van der Waals surface area contributed by atoms with Gasteiger partial charge in [0.1, 0.15) is 0 Å². The maximum Gasteiger partial charge on any atom is 0.254 e. The first-order valence-corrected chi connectivity index (χ1v) is 9.62. The highest BCUT2D eigenvalue weighted by atomic mass is 35.5. The minimum Gasteiger partial charge on any atom is -0.339 e. The maximum absolute atomic E-state index is 13.4. The van der Waals surface area contributed by atoms with Gasteiger partial charge in [0.25, 0.3) is 5.91 Å². The number of nitrogens with one attached hydrogen (secondary N) is 1. The molecule has 1 saturated heterocycles. The standard InChI is InChI=1S/C21H27N3O.2ClH/c1-22-12-9-15-10-13-24(14-11-15)21(25)20-16-5-2-3-7-18(16)23-19-8-4-6-17(19)20;;/h2-3,5,7,15,22H,4,6,8-14H2,1H3;2*1H. The molecule has 4 nitrogen and oxygen atoms in total. The number of rotatable bonds is 4. The van der Waals surface area contributed by atoms with Crippen molar-refractivity contribution >= 4 is 41.6 Å². The summed E-state index contributed by atoms with van der Waals surface area (Å²) >= 11 is 0. The first kappa shape index (κ1) is 21.9. The van der Waals surface area contributed by atoms with Crippen LogP contribution < -0.4 is 5.32 Å². The van der Waals surface area contributed by atoms with Gasteiger partial charge in [-0.1, -0.05) is 18.2 Å².